The molecule has 2 heterocycles. The monoisotopic (exact) mass is 301 g/mol. The summed E-state index contributed by atoms with van der Waals surface area (Å²) in [6.07, 6.45) is 3.57. The standard InChI is InChI=1S/C12H19N3O2S2/c1-13-7-10-4-5-12(14-8-10)19(16,17)15-11-3-2-6-18-9-11/h4-5,8,11,13,15H,2-3,6-7,9H2,1H3. The Morgan fingerprint density at radius 3 is 2.89 bits per heavy atom. The van der Waals surface area contributed by atoms with Crippen LogP contribution in [0.15, 0.2) is 23.4 Å². The van der Waals surface area contributed by atoms with Gasteiger partial charge in [0, 0.05) is 24.5 Å². The van der Waals surface area contributed by atoms with Crippen LogP contribution in [0.1, 0.15) is 18.4 Å². The van der Waals surface area contributed by atoms with Crippen molar-refractivity contribution >= 4 is 21.8 Å². The van der Waals surface area contributed by atoms with Gasteiger partial charge < -0.3 is 5.32 Å². The third-order valence-corrected chi connectivity index (χ3v) is 5.59. The van der Waals surface area contributed by atoms with Crippen LogP contribution in [0, 0.1) is 0 Å². The van der Waals surface area contributed by atoms with E-state index < -0.39 is 10.0 Å². The van der Waals surface area contributed by atoms with E-state index in [4.69, 9.17) is 0 Å². The second-order valence-electron chi connectivity index (χ2n) is 4.57. The average Bonchev–Trinajstić information content (AvgIpc) is 2.40. The van der Waals surface area contributed by atoms with Gasteiger partial charge in [-0.15, -0.1) is 0 Å². The van der Waals surface area contributed by atoms with E-state index in [1.165, 1.54) is 0 Å². The number of nitrogens with one attached hydrogen (secondary N) is 2. The van der Waals surface area contributed by atoms with Crippen LogP contribution >= 0.6 is 11.8 Å². The molecule has 0 amide bonds. The van der Waals surface area contributed by atoms with Crippen LogP contribution in [0.2, 0.25) is 0 Å². The molecular formula is C12H19N3O2S2. The summed E-state index contributed by atoms with van der Waals surface area (Å²) in [5.41, 5.74) is 0.967. The zero-order valence-electron chi connectivity index (χ0n) is 10.9. The second-order valence-corrected chi connectivity index (χ2v) is 7.38. The van der Waals surface area contributed by atoms with Gasteiger partial charge in [0.15, 0.2) is 5.03 Å². The molecule has 0 radical (unpaired) electrons. The number of pyridine rings is 1. The highest BCUT2D eigenvalue weighted by molar-refractivity contribution is 7.99. The molecule has 0 saturated carbocycles. The molecule has 1 aromatic rings. The summed E-state index contributed by atoms with van der Waals surface area (Å²) in [6, 6.07) is 3.38. The van der Waals surface area contributed by atoms with E-state index in [1.54, 1.807) is 30.1 Å². The van der Waals surface area contributed by atoms with Gasteiger partial charge in [0.05, 0.1) is 0 Å². The zero-order chi connectivity index (χ0) is 13.7. The van der Waals surface area contributed by atoms with Crippen molar-refractivity contribution in [3.63, 3.8) is 0 Å². The molecule has 2 N–H and O–H groups in total. The maximum absolute atomic E-state index is 12.2. The van der Waals surface area contributed by atoms with Crippen LogP contribution in [0.25, 0.3) is 0 Å². The number of hydrogen-bond acceptors (Lipinski definition) is 5. The smallest absolute Gasteiger partial charge is 0.258 e. The van der Waals surface area contributed by atoms with Crippen molar-refractivity contribution in [2.45, 2.75) is 30.5 Å². The number of hydrogen-bond donors (Lipinski definition) is 2. The highest BCUT2D eigenvalue weighted by Crippen LogP contribution is 2.18. The molecule has 0 bridgehead atoms. The Bertz CT molecular complexity index is 496. The summed E-state index contributed by atoms with van der Waals surface area (Å²) in [7, 11) is -1.65. The summed E-state index contributed by atoms with van der Waals surface area (Å²) in [4.78, 5) is 4.04. The third-order valence-electron chi connectivity index (χ3n) is 2.94. The summed E-state index contributed by atoms with van der Waals surface area (Å²) < 4.78 is 27.1. The first-order valence-corrected chi connectivity index (χ1v) is 8.95. The van der Waals surface area contributed by atoms with Gasteiger partial charge >= 0.3 is 0 Å². The number of rotatable bonds is 5. The van der Waals surface area contributed by atoms with Gasteiger partial charge in [0.25, 0.3) is 10.0 Å². The molecule has 1 fully saturated rings. The summed E-state index contributed by atoms with van der Waals surface area (Å²) in [5, 5.41) is 3.10. The maximum Gasteiger partial charge on any atom is 0.258 e. The van der Waals surface area contributed by atoms with Crippen molar-refractivity contribution in [1.82, 2.24) is 15.0 Å². The molecule has 1 saturated heterocycles. The predicted molar refractivity (Wildman–Crippen MR) is 77.7 cm³/mol. The number of sulfonamides is 1. The molecule has 0 spiro atoms. The van der Waals surface area contributed by atoms with Gasteiger partial charge in [-0.05, 0) is 37.3 Å². The SMILES string of the molecule is CNCc1ccc(S(=O)(=O)NC2CCCSC2)nc1. The Balaban J connectivity index is 2.05. The lowest BCUT2D eigenvalue weighted by atomic mass is 10.2. The van der Waals surface area contributed by atoms with E-state index in [0.29, 0.717) is 6.54 Å². The van der Waals surface area contributed by atoms with E-state index in [9.17, 15) is 8.42 Å². The molecule has 19 heavy (non-hydrogen) atoms. The first-order valence-electron chi connectivity index (χ1n) is 6.31. The molecule has 2 rings (SSSR count). The lowest BCUT2D eigenvalue weighted by Crippen LogP contribution is -2.38. The molecule has 0 aliphatic carbocycles. The average molecular weight is 301 g/mol. The number of aromatic nitrogens is 1. The number of thioether (sulfide) groups is 1. The van der Waals surface area contributed by atoms with Crippen molar-refractivity contribution in [2.75, 3.05) is 18.6 Å². The normalized spacial score (nSPS) is 20.4. The van der Waals surface area contributed by atoms with E-state index in [1.807, 2.05) is 7.05 Å². The van der Waals surface area contributed by atoms with E-state index >= 15 is 0 Å². The summed E-state index contributed by atoms with van der Waals surface area (Å²) in [6.45, 7) is 0.681. The zero-order valence-corrected chi connectivity index (χ0v) is 12.6. The minimum Gasteiger partial charge on any atom is -0.316 e. The first-order chi connectivity index (χ1) is 9.12. The minimum atomic E-state index is -3.49. The number of nitrogens with zero attached hydrogens (tertiary/aromatic N) is 1. The third kappa shape index (κ3) is 4.17. The van der Waals surface area contributed by atoms with E-state index in [-0.39, 0.29) is 11.1 Å². The minimum absolute atomic E-state index is 0.0301. The van der Waals surface area contributed by atoms with Gasteiger partial charge in [-0.25, -0.2) is 18.1 Å². The van der Waals surface area contributed by atoms with Crippen molar-refractivity contribution in [1.29, 1.82) is 0 Å². The Morgan fingerprint density at radius 1 is 1.47 bits per heavy atom. The van der Waals surface area contributed by atoms with Crippen molar-refractivity contribution < 1.29 is 8.42 Å². The van der Waals surface area contributed by atoms with Gasteiger partial charge in [-0.1, -0.05) is 6.07 Å². The first kappa shape index (κ1) is 14.8. The fraction of sp³-hybridized carbons (Fsp3) is 0.583. The van der Waals surface area contributed by atoms with Crippen LogP contribution in [0.4, 0.5) is 0 Å². The molecule has 1 atom stereocenters. The topological polar surface area (TPSA) is 71.1 Å². The van der Waals surface area contributed by atoms with Crippen LogP contribution in [0.3, 0.4) is 0 Å². The molecule has 0 aromatic carbocycles. The van der Waals surface area contributed by atoms with Gasteiger partial charge in [-0.2, -0.15) is 11.8 Å². The Labute approximate surface area is 118 Å². The van der Waals surface area contributed by atoms with Crippen LogP contribution in [0.5, 0.6) is 0 Å². The Morgan fingerprint density at radius 2 is 2.32 bits per heavy atom. The highest BCUT2D eigenvalue weighted by atomic mass is 32.2. The molecule has 1 unspecified atom stereocenters. The molecular weight excluding hydrogens is 282 g/mol. The summed E-state index contributed by atoms with van der Waals surface area (Å²) >= 11 is 1.79. The van der Waals surface area contributed by atoms with E-state index in [2.05, 4.69) is 15.0 Å². The fourth-order valence-corrected chi connectivity index (χ4v) is 4.37. The lowest BCUT2D eigenvalue weighted by molar-refractivity contribution is 0.540. The van der Waals surface area contributed by atoms with E-state index in [0.717, 1.165) is 29.9 Å². The molecule has 5 nitrogen and oxygen atoms in total. The quantitative estimate of drug-likeness (QED) is 0.848. The molecule has 1 aliphatic heterocycles. The largest absolute Gasteiger partial charge is 0.316 e. The maximum atomic E-state index is 12.2. The van der Waals surface area contributed by atoms with Crippen molar-refractivity contribution in [2.24, 2.45) is 0 Å². The highest BCUT2D eigenvalue weighted by Gasteiger charge is 2.22. The van der Waals surface area contributed by atoms with Crippen LogP contribution in [-0.2, 0) is 16.6 Å². The molecule has 106 valence electrons. The van der Waals surface area contributed by atoms with Gasteiger partial charge in [-0.3, -0.25) is 0 Å². The van der Waals surface area contributed by atoms with Gasteiger partial charge in [0.2, 0.25) is 0 Å². The van der Waals surface area contributed by atoms with Crippen molar-refractivity contribution in [3.8, 4) is 0 Å². The lowest BCUT2D eigenvalue weighted by Gasteiger charge is -2.22. The second kappa shape index (κ2) is 6.69. The Kier molecular flexibility index (Phi) is 5.20. The van der Waals surface area contributed by atoms with Crippen LogP contribution < -0.4 is 10.0 Å². The summed E-state index contributed by atoms with van der Waals surface area (Å²) in [5.74, 6) is 1.96. The molecule has 1 aliphatic rings. The van der Waals surface area contributed by atoms with Gasteiger partial charge in [0.1, 0.15) is 0 Å². The molecule has 1 aromatic heterocycles. The molecule has 7 heteroatoms. The predicted octanol–water partition coefficient (Wildman–Crippen LogP) is 0.975. The Hall–Kier alpha value is -0.630. The van der Waals surface area contributed by atoms with Crippen LogP contribution in [-0.4, -0.2) is 38.0 Å². The van der Waals surface area contributed by atoms with Crippen molar-refractivity contribution in [3.05, 3.63) is 23.9 Å². The fourth-order valence-electron chi connectivity index (χ4n) is 1.99.